The Labute approximate surface area is 111 Å². The number of nitrogens with two attached hydrogens (primary N) is 1. The molecular formula is C9H17N5O2S2. The number of hydrogen-bond donors (Lipinski definition) is 3. The zero-order chi connectivity index (χ0) is 13.6. The van der Waals surface area contributed by atoms with Gasteiger partial charge in [0.15, 0.2) is 0 Å². The van der Waals surface area contributed by atoms with Gasteiger partial charge in [0, 0.05) is 11.8 Å². The van der Waals surface area contributed by atoms with E-state index < -0.39 is 10.0 Å². The normalized spacial score (nSPS) is 13.3. The number of thioether (sulfide) groups is 1. The van der Waals surface area contributed by atoms with E-state index in [0.29, 0.717) is 11.8 Å². The number of hydrogen-bond acceptors (Lipinski definition) is 7. The van der Waals surface area contributed by atoms with Crippen LogP contribution in [-0.2, 0) is 10.0 Å². The van der Waals surface area contributed by atoms with Crippen molar-refractivity contribution in [3.8, 4) is 0 Å². The van der Waals surface area contributed by atoms with Crippen LogP contribution in [0.2, 0.25) is 0 Å². The summed E-state index contributed by atoms with van der Waals surface area (Å²) in [6.07, 6.45) is 5.18. The lowest BCUT2D eigenvalue weighted by Gasteiger charge is -2.09. The molecule has 0 aromatic carbocycles. The van der Waals surface area contributed by atoms with Gasteiger partial charge >= 0.3 is 0 Å². The van der Waals surface area contributed by atoms with E-state index in [4.69, 9.17) is 5.84 Å². The molecule has 1 aromatic heterocycles. The summed E-state index contributed by atoms with van der Waals surface area (Å²) in [7, 11) is -3.54. The van der Waals surface area contributed by atoms with Gasteiger partial charge in [-0.3, -0.25) is 5.43 Å². The number of hydrazine groups is 1. The van der Waals surface area contributed by atoms with Gasteiger partial charge < -0.3 is 0 Å². The molecule has 102 valence electrons. The van der Waals surface area contributed by atoms with Crippen molar-refractivity contribution in [1.29, 1.82) is 0 Å². The Bertz CT molecular complexity index is 462. The summed E-state index contributed by atoms with van der Waals surface area (Å²) in [6, 6.07) is 0. The fourth-order valence-electron chi connectivity index (χ4n) is 1.13. The highest BCUT2D eigenvalue weighted by Crippen LogP contribution is 2.10. The van der Waals surface area contributed by atoms with Crippen LogP contribution in [0.15, 0.2) is 17.3 Å². The van der Waals surface area contributed by atoms with Gasteiger partial charge in [0.1, 0.15) is 4.90 Å². The molecule has 0 aliphatic carbocycles. The molecule has 4 N–H and O–H groups in total. The number of nitrogen functional groups attached to an aromatic ring is 1. The monoisotopic (exact) mass is 291 g/mol. The predicted molar refractivity (Wildman–Crippen MR) is 72.6 cm³/mol. The summed E-state index contributed by atoms with van der Waals surface area (Å²) in [4.78, 5) is 7.53. The molecule has 7 nitrogen and oxygen atoms in total. The van der Waals surface area contributed by atoms with Gasteiger partial charge in [0.05, 0.1) is 12.4 Å². The summed E-state index contributed by atoms with van der Waals surface area (Å²) < 4.78 is 26.2. The lowest BCUT2D eigenvalue weighted by molar-refractivity contribution is 0.578. The molecule has 18 heavy (non-hydrogen) atoms. The van der Waals surface area contributed by atoms with E-state index in [-0.39, 0.29) is 10.8 Å². The summed E-state index contributed by atoms with van der Waals surface area (Å²) in [5.41, 5.74) is 2.23. The van der Waals surface area contributed by atoms with Gasteiger partial charge in [-0.05, 0) is 12.7 Å². The zero-order valence-corrected chi connectivity index (χ0v) is 11.9. The second kappa shape index (κ2) is 6.88. The van der Waals surface area contributed by atoms with Crippen LogP contribution >= 0.6 is 11.8 Å². The molecule has 1 unspecified atom stereocenters. The molecule has 0 aliphatic rings. The lowest BCUT2D eigenvalue weighted by Crippen LogP contribution is -2.26. The van der Waals surface area contributed by atoms with Crippen LogP contribution < -0.4 is 16.0 Å². The van der Waals surface area contributed by atoms with E-state index in [1.54, 1.807) is 11.8 Å². The van der Waals surface area contributed by atoms with E-state index in [2.05, 4.69) is 20.1 Å². The van der Waals surface area contributed by atoms with Gasteiger partial charge in [0.25, 0.3) is 0 Å². The third-order valence-electron chi connectivity index (χ3n) is 2.31. The minimum absolute atomic E-state index is 0.0262. The maximum atomic E-state index is 11.9. The molecule has 0 bridgehead atoms. The Morgan fingerprint density at radius 1 is 1.44 bits per heavy atom. The first-order valence-electron chi connectivity index (χ1n) is 5.30. The zero-order valence-electron chi connectivity index (χ0n) is 10.3. The number of sulfonamides is 1. The Kier molecular flexibility index (Phi) is 5.79. The van der Waals surface area contributed by atoms with Gasteiger partial charge in [-0.15, -0.1) is 0 Å². The minimum atomic E-state index is -3.54. The summed E-state index contributed by atoms with van der Waals surface area (Å²) in [5.74, 6) is 5.27. The Hall–Kier alpha value is -0.900. The topological polar surface area (TPSA) is 110 Å². The van der Waals surface area contributed by atoms with E-state index in [1.165, 1.54) is 12.4 Å². The SMILES string of the molecule is CSC(C)CCNS(=O)(=O)c1cnc(NN)nc1. The van der Waals surface area contributed by atoms with Crippen LogP contribution in [0, 0.1) is 0 Å². The van der Waals surface area contributed by atoms with Crippen molar-refractivity contribution in [2.24, 2.45) is 5.84 Å². The summed E-state index contributed by atoms with van der Waals surface area (Å²) in [6.45, 7) is 2.44. The smallest absolute Gasteiger partial charge is 0.243 e. The molecular weight excluding hydrogens is 274 g/mol. The largest absolute Gasteiger partial charge is 0.292 e. The third-order valence-corrected chi connectivity index (χ3v) is 4.77. The fourth-order valence-corrected chi connectivity index (χ4v) is 2.42. The van der Waals surface area contributed by atoms with Gasteiger partial charge in [-0.25, -0.2) is 29.0 Å². The van der Waals surface area contributed by atoms with Crippen molar-refractivity contribution in [2.75, 3.05) is 18.2 Å². The maximum Gasteiger partial charge on any atom is 0.243 e. The molecule has 0 aliphatic heterocycles. The molecule has 9 heteroatoms. The number of nitrogens with one attached hydrogen (secondary N) is 2. The molecule has 0 radical (unpaired) electrons. The maximum absolute atomic E-state index is 11.9. The van der Waals surface area contributed by atoms with E-state index in [0.717, 1.165) is 6.42 Å². The molecule has 1 atom stereocenters. The fraction of sp³-hybridized carbons (Fsp3) is 0.556. The van der Waals surface area contributed by atoms with Crippen molar-refractivity contribution in [3.63, 3.8) is 0 Å². The first-order chi connectivity index (χ1) is 8.49. The molecule has 0 saturated heterocycles. The van der Waals surface area contributed by atoms with Gasteiger partial charge in [-0.1, -0.05) is 6.92 Å². The number of aromatic nitrogens is 2. The molecule has 0 amide bonds. The van der Waals surface area contributed by atoms with Crippen molar-refractivity contribution in [3.05, 3.63) is 12.4 Å². The molecule has 1 heterocycles. The quantitative estimate of drug-likeness (QED) is 0.485. The Morgan fingerprint density at radius 3 is 2.56 bits per heavy atom. The molecule has 0 saturated carbocycles. The summed E-state index contributed by atoms with van der Waals surface area (Å²) in [5, 5.41) is 0.410. The van der Waals surface area contributed by atoms with Crippen LogP contribution in [-0.4, -0.2) is 36.4 Å². The van der Waals surface area contributed by atoms with Crippen molar-refractivity contribution < 1.29 is 8.42 Å². The average Bonchev–Trinajstić information content (AvgIpc) is 2.38. The molecule has 1 rings (SSSR count). The molecule has 0 fully saturated rings. The average molecular weight is 291 g/mol. The predicted octanol–water partition coefficient (Wildman–Crippen LogP) is 0.182. The highest BCUT2D eigenvalue weighted by molar-refractivity contribution is 7.99. The van der Waals surface area contributed by atoms with E-state index in [1.807, 2.05) is 13.2 Å². The van der Waals surface area contributed by atoms with E-state index >= 15 is 0 Å². The first-order valence-corrected chi connectivity index (χ1v) is 8.08. The highest BCUT2D eigenvalue weighted by Gasteiger charge is 2.15. The second-order valence-corrected chi connectivity index (χ2v) is 6.66. The van der Waals surface area contributed by atoms with Crippen LogP contribution in [0.3, 0.4) is 0 Å². The van der Waals surface area contributed by atoms with Crippen LogP contribution in [0.4, 0.5) is 5.95 Å². The number of rotatable bonds is 7. The molecule has 0 spiro atoms. The molecule has 1 aromatic rings. The van der Waals surface area contributed by atoms with Crippen molar-refractivity contribution >= 4 is 27.7 Å². The lowest BCUT2D eigenvalue weighted by atomic mass is 10.3. The second-order valence-electron chi connectivity index (χ2n) is 3.62. The third kappa shape index (κ3) is 4.41. The van der Waals surface area contributed by atoms with Crippen LogP contribution in [0.1, 0.15) is 13.3 Å². The summed E-state index contributed by atoms with van der Waals surface area (Å²) >= 11 is 1.69. The number of nitrogens with zero attached hydrogens (tertiary/aromatic N) is 2. The van der Waals surface area contributed by atoms with E-state index in [9.17, 15) is 8.42 Å². The minimum Gasteiger partial charge on any atom is -0.292 e. The van der Waals surface area contributed by atoms with Crippen LogP contribution in [0.5, 0.6) is 0 Å². The van der Waals surface area contributed by atoms with Gasteiger partial charge in [0.2, 0.25) is 16.0 Å². The first kappa shape index (κ1) is 15.2. The Morgan fingerprint density at radius 2 is 2.06 bits per heavy atom. The van der Waals surface area contributed by atoms with Crippen molar-refractivity contribution in [2.45, 2.75) is 23.5 Å². The highest BCUT2D eigenvalue weighted by atomic mass is 32.2. The Balaban J connectivity index is 2.62. The standard InChI is InChI=1S/C9H17N5O2S2/c1-7(17-2)3-4-13-18(15,16)8-5-11-9(14-10)12-6-8/h5-7,13H,3-4,10H2,1-2H3,(H,11,12,14). The van der Waals surface area contributed by atoms with Gasteiger partial charge in [-0.2, -0.15) is 11.8 Å². The number of anilines is 1. The van der Waals surface area contributed by atoms with Crippen molar-refractivity contribution in [1.82, 2.24) is 14.7 Å². The van der Waals surface area contributed by atoms with Crippen LogP contribution in [0.25, 0.3) is 0 Å².